The van der Waals surface area contributed by atoms with E-state index in [9.17, 15) is 27.6 Å². The highest BCUT2D eigenvalue weighted by molar-refractivity contribution is 5.94. The summed E-state index contributed by atoms with van der Waals surface area (Å²) < 4.78 is 43.4. The van der Waals surface area contributed by atoms with Crippen molar-refractivity contribution in [2.75, 3.05) is 17.2 Å². The molecule has 0 fully saturated rings. The maximum Gasteiger partial charge on any atom is 0.418 e. The SMILES string of the molecule is Cc1ccc(NC(=O)CCC(=O)OCC(=O)Nc2ccccc2C(F)(F)F)cc1. The van der Waals surface area contributed by atoms with Crippen LogP contribution in [0.5, 0.6) is 0 Å². The van der Waals surface area contributed by atoms with E-state index in [2.05, 4.69) is 10.6 Å². The lowest BCUT2D eigenvalue weighted by Crippen LogP contribution is -2.23. The molecule has 0 bridgehead atoms. The molecule has 0 saturated heterocycles. The van der Waals surface area contributed by atoms with Crippen LogP contribution in [0, 0.1) is 6.92 Å². The maximum absolute atomic E-state index is 12.9. The Morgan fingerprint density at radius 1 is 0.897 bits per heavy atom. The Kier molecular flexibility index (Phi) is 7.35. The maximum atomic E-state index is 12.9. The number of hydrogen-bond donors (Lipinski definition) is 2. The normalized spacial score (nSPS) is 10.9. The third kappa shape index (κ3) is 7.28. The number of carbonyl (C=O) groups is 3. The Hall–Kier alpha value is -3.36. The summed E-state index contributed by atoms with van der Waals surface area (Å²) in [7, 11) is 0. The van der Waals surface area contributed by atoms with Crippen LogP contribution >= 0.6 is 0 Å². The molecule has 2 aromatic carbocycles. The van der Waals surface area contributed by atoms with Gasteiger partial charge in [0, 0.05) is 12.1 Å². The van der Waals surface area contributed by atoms with E-state index in [1.54, 1.807) is 12.1 Å². The lowest BCUT2D eigenvalue weighted by molar-refractivity contribution is -0.148. The van der Waals surface area contributed by atoms with Gasteiger partial charge in [-0.2, -0.15) is 13.2 Å². The average Bonchev–Trinajstić information content (AvgIpc) is 2.66. The fourth-order valence-electron chi connectivity index (χ4n) is 2.32. The molecule has 29 heavy (non-hydrogen) atoms. The number of hydrogen-bond acceptors (Lipinski definition) is 4. The fraction of sp³-hybridized carbons (Fsp3) is 0.250. The number of nitrogens with one attached hydrogen (secondary N) is 2. The molecule has 9 heteroatoms. The molecule has 0 radical (unpaired) electrons. The highest BCUT2D eigenvalue weighted by Gasteiger charge is 2.33. The topological polar surface area (TPSA) is 84.5 Å². The highest BCUT2D eigenvalue weighted by Crippen LogP contribution is 2.34. The van der Waals surface area contributed by atoms with Gasteiger partial charge in [0.15, 0.2) is 6.61 Å². The standard InChI is InChI=1S/C20H19F3N2O4/c1-13-6-8-14(9-7-13)24-17(26)10-11-19(28)29-12-18(27)25-16-5-3-2-4-15(16)20(21,22)23/h2-9H,10-12H2,1H3,(H,24,26)(H,25,27). The molecule has 0 heterocycles. The van der Waals surface area contributed by atoms with Crippen molar-refractivity contribution in [3.63, 3.8) is 0 Å². The van der Waals surface area contributed by atoms with E-state index in [1.165, 1.54) is 12.1 Å². The molecule has 0 aromatic heterocycles. The smallest absolute Gasteiger partial charge is 0.418 e. The van der Waals surface area contributed by atoms with E-state index >= 15 is 0 Å². The largest absolute Gasteiger partial charge is 0.456 e. The first-order valence-corrected chi connectivity index (χ1v) is 8.63. The first kappa shape index (κ1) is 21.9. The van der Waals surface area contributed by atoms with Crippen LogP contribution in [0.15, 0.2) is 48.5 Å². The summed E-state index contributed by atoms with van der Waals surface area (Å²) in [6.45, 7) is 1.14. The van der Waals surface area contributed by atoms with Crippen molar-refractivity contribution in [3.05, 3.63) is 59.7 Å². The Bertz CT molecular complexity index is 880. The van der Waals surface area contributed by atoms with Crippen molar-refractivity contribution in [2.45, 2.75) is 25.9 Å². The number of amides is 2. The second kappa shape index (κ2) is 9.72. The van der Waals surface area contributed by atoms with Crippen molar-refractivity contribution < 1.29 is 32.3 Å². The van der Waals surface area contributed by atoms with Crippen LogP contribution in [0.25, 0.3) is 0 Å². The van der Waals surface area contributed by atoms with E-state index in [4.69, 9.17) is 4.74 Å². The summed E-state index contributed by atoms with van der Waals surface area (Å²) >= 11 is 0. The highest BCUT2D eigenvalue weighted by atomic mass is 19.4. The van der Waals surface area contributed by atoms with Crippen LogP contribution < -0.4 is 10.6 Å². The van der Waals surface area contributed by atoms with Crippen LogP contribution in [0.1, 0.15) is 24.0 Å². The van der Waals surface area contributed by atoms with E-state index in [1.807, 2.05) is 19.1 Å². The number of carbonyl (C=O) groups excluding carboxylic acids is 3. The molecule has 6 nitrogen and oxygen atoms in total. The lowest BCUT2D eigenvalue weighted by Gasteiger charge is -2.13. The molecule has 0 atom stereocenters. The third-order valence-corrected chi connectivity index (χ3v) is 3.76. The van der Waals surface area contributed by atoms with E-state index in [-0.39, 0.29) is 12.8 Å². The molecule has 0 aliphatic carbocycles. The molecule has 2 N–H and O–H groups in total. The van der Waals surface area contributed by atoms with Gasteiger partial charge >= 0.3 is 12.1 Å². The molecule has 0 unspecified atom stereocenters. The summed E-state index contributed by atoms with van der Waals surface area (Å²) in [6, 6.07) is 11.5. The Morgan fingerprint density at radius 3 is 2.21 bits per heavy atom. The molecule has 0 spiro atoms. The number of alkyl halides is 3. The van der Waals surface area contributed by atoms with Crippen molar-refractivity contribution in [1.29, 1.82) is 0 Å². The Labute approximate surface area is 165 Å². The zero-order valence-electron chi connectivity index (χ0n) is 15.5. The first-order valence-electron chi connectivity index (χ1n) is 8.63. The molecule has 154 valence electrons. The van der Waals surface area contributed by atoms with Gasteiger partial charge in [-0.25, -0.2) is 0 Å². The fourth-order valence-corrected chi connectivity index (χ4v) is 2.32. The van der Waals surface area contributed by atoms with E-state index in [0.29, 0.717) is 5.69 Å². The van der Waals surface area contributed by atoms with Crippen LogP contribution in [0.3, 0.4) is 0 Å². The van der Waals surface area contributed by atoms with Crippen molar-refractivity contribution >= 4 is 29.2 Å². The summed E-state index contributed by atoms with van der Waals surface area (Å²) in [5.74, 6) is -2.14. The zero-order chi connectivity index (χ0) is 21.4. The van der Waals surface area contributed by atoms with Gasteiger partial charge in [-0.15, -0.1) is 0 Å². The lowest BCUT2D eigenvalue weighted by atomic mass is 10.1. The minimum atomic E-state index is -4.63. The monoisotopic (exact) mass is 408 g/mol. The molecule has 0 aliphatic rings. The number of benzene rings is 2. The number of aryl methyl sites for hydroxylation is 1. The minimum absolute atomic E-state index is 0.161. The predicted molar refractivity (Wildman–Crippen MR) is 100 cm³/mol. The molecular formula is C20H19F3N2O4. The molecule has 2 amide bonds. The molecule has 0 saturated carbocycles. The summed E-state index contributed by atoms with van der Waals surface area (Å²) in [5.41, 5.74) is 0.172. The molecular weight excluding hydrogens is 389 g/mol. The summed E-state index contributed by atoms with van der Waals surface area (Å²) in [6.07, 6.45) is -5.07. The Balaban J connectivity index is 1.75. The quantitative estimate of drug-likeness (QED) is 0.681. The minimum Gasteiger partial charge on any atom is -0.456 e. The summed E-state index contributed by atoms with van der Waals surface area (Å²) in [4.78, 5) is 35.2. The van der Waals surface area contributed by atoms with E-state index in [0.717, 1.165) is 17.7 Å². The Morgan fingerprint density at radius 2 is 1.55 bits per heavy atom. The summed E-state index contributed by atoms with van der Waals surface area (Å²) in [5, 5.41) is 4.67. The number of ether oxygens (including phenoxy) is 1. The van der Waals surface area contributed by atoms with Gasteiger partial charge in [0.2, 0.25) is 5.91 Å². The van der Waals surface area contributed by atoms with E-state index < -0.39 is 41.8 Å². The van der Waals surface area contributed by atoms with Gasteiger partial charge < -0.3 is 15.4 Å². The van der Waals surface area contributed by atoms with Crippen molar-refractivity contribution in [3.8, 4) is 0 Å². The van der Waals surface area contributed by atoms with Gasteiger partial charge in [0.1, 0.15) is 0 Å². The first-order chi connectivity index (χ1) is 13.6. The van der Waals surface area contributed by atoms with Crippen molar-refractivity contribution in [1.82, 2.24) is 0 Å². The number of rotatable bonds is 7. The molecule has 2 aromatic rings. The molecule has 0 aliphatic heterocycles. The van der Waals surface area contributed by atoms with Crippen LogP contribution in [-0.4, -0.2) is 24.4 Å². The number of anilines is 2. The van der Waals surface area contributed by atoms with Gasteiger partial charge in [-0.1, -0.05) is 29.8 Å². The van der Waals surface area contributed by atoms with Gasteiger partial charge in [-0.05, 0) is 31.2 Å². The van der Waals surface area contributed by atoms with Gasteiger partial charge in [0.25, 0.3) is 5.91 Å². The second-order valence-corrected chi connectivity index (χ2v) is 6.17. The molecule has 2 rings (SSSR count). The predicted octanol–water partition coefficient (Wildman–Crippen LogP) is 3.91. The number of halogens is 3. The number of esters is 1. The van der Waals surface area contributed by atoms with Gasteiger partial charge in [-0.3, -0.25) is 14.4 Å². The van der Waals surface area contributed by atoms with Crippen LogP contribution in [0.4, 0.5) is 24.5 Å². The third-order valence-electron chi connectivity index (χ3n) is 3.76. The van der Waals surface area contributed by atoms with Crippen LogP contribution in [0.2, 0.25) is 0 Å². The zero-order valence-corrected chi connectivity index (χ0v) is 15.5. The number of para-hydroxylation sites is 1. The second-order valence-electron chi connectivity index (χ2n) is 6.17. The van der Waals surface area contributed by atoms with Gasteiger partial charge in [0.05, 0.1) is 17.7 Å². The van der Waals surface area contributed by atoms with Crippen molar-refractivity contribution in [2.24, 2.45) is 0 Å². The van der Waals surface area contributed by atoms with Crippen LogP contribution in [-0.2, 0) is 25.3 Å². The average molecular weight is 408 g/mol.